The van der Waals surface area contributed by atoms with Crippen molar-refractivity contribution in [1.82, 2.24) is 5.32 Å². The molecule has 1 amide bonds. The molecule has 1 saturated heterocycles. The molecule has 0 unspecified atom stereocenters. The Morgan fingerprint density at radius 2 is 2.04 bits per heavy atom. The molecule has 1 aliphatic heterocycles. The predicted octanol–water partition coefficient (Wildman–Crippen LogP) is 2.08. The zero-order valence-electron chi connectivity index (χ0n) is 15.4. The van der Waals surface area contributed by atoms with Gasteiger partial charge in [0, 0.05) is 31.8 Å². The van der Waals surface area contributed by atoms with Crippen LogP contribution in [0.5, 0.6) is 11.5 Å². The van der Waals surface area contributed by atoms with E-state index in [1.807, 2.05) is 4.90 Å². The topological polar surface area (TPSA) is 114 Å². The van der Waals surface area contributed by atoms with Crippen LogP contribution in [-0.4, -0.2) is 49.4 Å². The van der Waals surface area contributed by atoms with Crippen LogP contribution in [0.4, 0.5) is 11.4 Å². The third-order valence-corrected chi connectivity index (χ3v) is 4.48. The number of nitro groups is 1. The van der Waals surface area contributed by atoms with E-state index in [-0.39, 0.29) is 23.9 Å². The minimum absolute atomic E-state index is 0.0152. The zero-order chi connectivity index (χ0) is 20.1. The van der Waals surface area contributed by atoms with E-state index in [2.05, 4.69) is 5.32 Å². The van der Waals surface area contributed by atoms with Crippen molar-refractivity contribution in [1.29, 1.82) is 0 Å². The molecule has 0 bridgehead atoms. The maximum Gasteiger partial charge on any atom is 0.271 e. The molecule has 0 atom stereocenters. The van der Waals surface area contributed by atoms with Crippen LogP contribution in [0, 0.1) is 10.1 Å². The van der Waals surface area contributed by atoms with Gasteiger partial charge >= 0.3 is 0 Å². The van der Waals surface area contributed by atoms with Gasteiger partial charge in [-0.2, -0.15) is 0 Å². The monoisotopic (exact) mass is 387 g/mol. The normalized spacial score (nSPS) is 13.8. The first-order valence-electron chi connectivity index (χ1n) is 8.75. The number of carbonyl (C=O) groups is 1. The number of amides is 1. The number of phenols is 1. The largest absolute Gasteiger partial charge is 0.504 e. The highest BCUT2D eigenvalue weighted by atomic mass is 16.6. The summed E-state index contributed by atoms with van der Waals surface area (Å²) in [7, 11) is 1.46. The van der Waals surface area contributed by atoms with Gasteiger partial charge in [-0.25, -0.2) is 0 Å². The summed E-state index contributed by atoms with van der Waals surface area (Å²) >= 11 is 0. The molecule has 9 heteroatoms. The SMILES string of the molecule is COc1ccc(CNC(=O)c2ccc([N+](=O)[O-])cc2N2CCOCC2)cc1O. The van der Waals surface area contributed by atoms with E-state index in [1.54, 1.807) is 12.1 Å². The average Bonchev–Trinajstić information content (AvgIpc) is 2.72. The van der Waals surface area contributed by atoms with Gasteiger partial charge in [0.15, 0.2) is 11.5 Å². The van der Waals surface area contributed by atoms with Gasteiger partial charge in [-0.15, -0.1) is 0 Å². The standard InChI is InChI=1S/C19H21N3O6/c1-27-18-5-2-13(10-17(18)23)12-20-19(24)15-4-3-14(22(25)26)11-16(15)21-6-8-28-9-7-21/h2-5,10-11,23H,6-9,12H2,1H3,(H,20,24). The summed E-state index contributed by atoms with van der Waals surface area (Å²) in [6, 6.07) is 9.05. The van der Waals surface area contributed by atoms with E-state index in [4.69, 9.17) is 9.47 Å². The average molecular weight is 387 g/mol. The lowest BCUT2D eigenvalue weighted by Gasteiger charge is -2.30. The summed E-state index contributed by atoms with van der Waals surface area (Å²) in [6.45, 7) is 2.28. The zero-order valence-corrected chi connectivity index (χ0v) is 15.4. The minimum Gasteiger partial charge on any atom is -0.504 e. The Balaban J connectivity index is 1.80. The van der Waals surface area contributed by atoms with E-state index >= 15 is 0 Å². The van der Waals surface area contributed by atoms with Crippen LogP contribution in [0.1, 0.15) is 15.9 Å². The van der Waals surface area contributed by atoms with E-state index in [9.17, 15) is 20.0 Å². The maximum absolute atomic E-state index is 12.7. The van der Waals surface area contributed by atoms with Crippen molar-refractivity contribution in [3.63, 3.8) is 0 Å². The number of hydrogen-bond acceptors (Lipinski definition) is 7. The van der Waals surface area contributed by atoms with Crippen molar-refractivity contribution >= 4 is 17.3 Å². The fraction of sp³-hybridized carbons (Fsp3) is 0.316. The third-order valence-electron chi connectivity index (χ3n) is 4.48. The second-order valence-corrected chi connectivity index (χ2v) is 6.25. The first-order valence-corrected chi connectivity index (χ1v) is 8.75. The van der Waals surface area contributed by atoms with Gasteiger partial charge in [0.25, 0.3) is 11.6 Å². The highest BCUT2D eigenvalue weighted by Crippen LogP contribution is 2.28. The number of nitrogens with one attached hydrogen (secondary N) is 1. The fourth-order valence-electron chi connectivity index (χ4n) is 3.01. The maximum atomic E-state index is 12.7. The number of methoxy groups -OCH3 is 1. The summed E-state index contributed by atoms with van der Waals surface area (Å²) in [5.41, 5.74) is 1.48. The molecule has 0 aliphatic carbocycles. The first-order chi connectivity index (χ1) is 13.5. The lowest BCUT2D eigenvalue weighted by Crippen LogP contribution is -2.38. The lowest BCUT2D eigenvalue weighted by atomic mass is 10.1. The molecule has 1 aliphatic rings. The number of carbonyl (C=O) groups excluding carboxylic acids is 1. The van der Waals surface area contributed by atoms with Crippen LogP contribution >= 0.6 is 0 Å². The number of anilines is 1. The van der Waals surface area contributed by atoms with Gasteiger partial charge in [0.2, 0.25) is 0 Å². The Morgan fingerprint density at radius 1 is 1.29 bits per heavy atom. The van der Waals surface area contributed by atoms with Gasteiger partial charge in [-0.3, -0.25) is 14.9 Å². The molecule has 0 radical (unpaired) electrons. The van der Waals surface area contributed by atoms with Crippen LogP contribution in [-0.2, 0) is 11.3 Å². The molecule has 0 saturated carbocycles. The number of rotatable bonds is 6. The quantitative estimate of drug-likeness (QED) is 0.576. The van der Waals surface area contributed by atoms with Crippen LogP contribution in [0.3, 0.4) is 0 Å². The third kappa shape index (κ3) is 4.32. The molecular formula is C19H21N3O6. The van der Waals surface area contributed by atoms with Crippen molar-refractivity contribution in [3.8, 4) is 11.5 Å². The van der Waals surface area contributed by atoms with E-state index in [1.165, 1.54) is 31.4 Å². The molecule has 9 nitrogen and oxygen atoms in total. The number of ether oxygens (including phenoxy) is 2. The van der Waals surface area contributed by atoms with Crippen LogP contribution < -0.4 is 15.0 Å². The van der Waals surface area contributed by atoms with Gasteiger partial charge in [0.1, 0.15) is 0 Å². The Labute approximate surface area is 161 Å². The Bertz CT molecular complexity index is 880. The summed E-state index contributed by atoms with van der Waals surface area (Å²) in [5.74, 6) is -0.0228. The Kier molecular flexibility index (Phi) is 5.95. The summed E-state index contributed by atoms with van der Waals surface area (Å²) < 4.78 is 10.3. The molecule has 28 heavy (non-hydrogen) atoms. The molecule has 3 rings (SSSR count). The fourth-order valence-corrected chi connectivity index (χ4v) is 3.01. The van der Waals surface area contributed by atoms with Gasteiger partial charge in [-0.1, -0.05) is 6.07 Å². The second-order valence-electron chi connectivity index (χ2n) is 6.25. The van der Waals surface area contributed by atoms with Gasteiger partial charge < -0.3 is 24.8 Å². The number of nitro benzene ring substituents is 1. The molecular weight excluding hydrogens is 366 g/mol. The van der Waals surface area contributed by atoms with Gasteiger partial charge in [-0.05, 0) is 23.8 Å². The lowest BCUT2D eigenvalue weighted by molar-refractivity contribution is -0.384. The van der Waals surface area contributed by atoms with Crippen molar-refractivity contribution in [2.45, 2.75) is 6.54 Å². The van der Waals surface area contributed by atoms with E-state index < -0.39 is 4.92 Å². The number of benzene rings is 2. The van der Waals surface area contributed by atoms with Crippen molar-refractivity contribution in [2.24, 2.45) is 0 Å². The van der Waals surface area contributed by atoms with Crippen LogP contribution in [0.15, 0.2) is 36.4 Å². The summed E-state index contributed by atoms with van der Waals surface area (Å²) in [6.07, 6.45) is 0. The van der Waals surface area contributed by atoms with Crippen molar-refractivity contribution in [3.05, 3.63) is 57.6 Å². The number of non-ortho nitro benzene ring substituents is 1. The highest BCUT2D eigenvalue weighted by molar-refractivity contribution is 6.00. The number of phenolic OH excluding ortho intramolecular Hbond substituents is 1. The van der Waals surface area contributed by atoms with Crippen molar-refractivity contribution < 1.29 is 24.3 Å². The van der Waals surface area contributed by atoms with E-state index in [0.717, 1.165) is 0 Å². The number of aromatic hydroxyl groups is 1. The molecule has 1 heterocycles. The number of hydrogen-bond donors (Lipinski definition) is 2. The summed E-state index contributed by atoms with van der Waals surface area (Å²) in [5, 5.41) is 23.8. The Morgan fingerprint density at radius 3 is 2.68 bits per heavy atom. The molecule has 2 aromatic carbocycles. The molecule has 1 fully saturated rings. The van der Waals surface area contributed by atoms with Crippen LogP contribution in [0.2, 0.25) is 0 Å². The van der Waals surface area contributed by atoms with Crippen molar-refractivity contribution in [2.75, 3.05) is 38.3 Å². The Hall–Kier alpha value is -3.33. The van der Waals surface area contributed by atoms with Gasteiger partial charge in [0.05, 0.1) is 36.5 Å². The number of nitrogens with zero attached hydrogens (tertiary/aromatic N) is 2. The smallest absolute Gasteiger partial charge is 0.271 e. The first kappa shape index (κ1) is 19.4. The van der Waals surface area contributed by atoms with Crippen LogP contribution in [0.25, 0.3) is 0 Å². The molecule has 2 aromatic rings. The molecule has 0 aromatic heterocycles. The molecule has 0 spiro atoms. The predicted molar refractivity (Wildman–Crippen MR) is 102 cm³/mol. The summed E-state index contributed by atoms with van der Waals surface area (Å²) in [4.78, 5) is 25.3. The second kappa shape index (κ2) is 8.57. The number of morpholine rings is 1. The molecule has 2 N–H and O–H groups in total. The van der Waals surface area contributed by atoms with E-state index in [0.29, 0.717) is 48.9 Å². The molecule has 148 valence electrons. The highest BCUT2D eigenvalue weighted by Gasteiger charge is 2.22. The minimum atomic E-state index is -0.480.